The van der Waals surface area contributed by atoms with E-state index in [-0.39, 0.29) is 18.0 Å². The van der Waals surface area contributed by atoms with E-state index < -0.39 is 14.6 Å². The van der Waals surface area contributed by atoms with Crippen molar-refractivity contribution in [3.63, 3.8) is 0 Å². The SMILES string of the molecule is CC(C)(c1cc(-c2cccc(C(=O)Cc3ccc(F)cc3)c2)c2ncccc2c1)S(C)(=O)=O. The molecule has 0 aliphatic heterocycles. The van der Waals surface area contributed by atoms with Gasteiger partial charge < -0.3 is 0 Å². The first-order valence-electron chi connectivity index (χ1n) is 10.5. The molecule has 0 radical (unpaired) electrons. The highest BCUT2D eigenvalue weighted by atomic mass is 32.2. The van der Waals surface area contributed by atoms with E-state index in [0.29, 0.717) is 11.1 Å². The molecule has 1 aromatic heterocycles. The highest BCUT2D eigenvalue weighted by molar-refractivity contribution is 7.91. The number of fused-ring (bicyclic) bond motifs is 1. The van der Waals surface area contributed by atoms with Crippen molar-refractivity contribution >= 4 is 26.5 Å². The highest BCUT2D eigenvalue weighted by Crippen LogP contribution is 2.36. The van der Waals surface area contributed by atoms with Crippen molar-refractivity contribution in [2.24, 2.45) is 0 Å². The molecular weight excluding hydrogens is 437 g/mol. The van der Waals surface area contributed by atoms with Crippen molar-refractivity contribution in [3.8, 4) is 11.1 Å². The minimum absolute atomic E-state index is 0.0895. The molecule has 0 N–H and O–H groups in total. The molecule has 0 unspecified atom stereocenters. The van der Waals surface area contributed by atoms with Gasteiger partial charge in [0.25, 0.3) is 0 Å². The average molecular weight is 462 g/mol. The quantitative estimate of drug-likeness (QED) is 0.343. The van der Waals surface area contributed by atoms with Gasteiger partial charge in [-0.15, -0.1) is 0 Å². The van der Waals surface area contributed by atoms with Crippen molar-refractivity contribution in [1.82, 2.24) is 4.98 Å². The van der Waals surface area contributed by atoms with Crippen molar-refractivity contribution in [2.45, 2.75) is 25.0 Å². The maximum atomic E-state index is 13.2. The Morgan fingerprint density at radius 2 is 1.70 bits per heavy atom. The lowest BCUT2D eigenvalue weighted by atomic mass is 9.92. The number of hydrogen-bond acceptors (Lipinski definition) is 4. The standard InChI is InChI=1S/C27H24FNO3S/c1-27(2,33(3,31)32)22-16-21-8-5-13-29-26(21)24(17-22)19-6-4-7-20(15-19)25(30)14-18-9-11-23(28)12-10-18/h4-13,15-17H,14H2,1-3H3. The monoisotopic (exact) mass is 461 g/mol. The van der Waals surface area contributed by atoms with E-state index >= 15 is 0 Å². The molecule has 0 fully saturated rings. The number of aromatic nitrogens is 1. The van der Waals surface area contributed by atoms with Gasteiger partial charge in [-0.25, -0.2) is 12.8 Å². The number of benzene rings is 3. The fraction of sp³-hybridized carbons (Fsp3) is 0.185. The molecule has 33 heavy (non-hydrogen) atoms. The molecule has 0 saturated heterocycles. The van der Waals surface area contributed by atoms with Gasteiger partial charge in [0.15, 0.2) is 15.6 Å². The molecule has 1 heterocycles. The number of carbonyl (C=O) groups is 1. The number of carbonyl (C=O) groups excluding carboxylic acids is 1. The number of Topliss-reactive ketones (excluding diaryl/α,β-unsaturated/α-hetero) is 1. The molecule has 0 saturated carbocycles. The molecule has 4 rings (SSSR count). The number of rotatable bonds is 6. The van der Waals surface area contributed by atoms with Crippen LogP contribution in [0.15, 0.2) is 79.0 Å². The van der Waals surface area contributed by atoms with Crippen LogP contribution in [0, 0.1) is 5.82 Å². The molecule has 0 aliphatic carbocycles. The molecule has 0 atom stereocenters. The van der Waals surface area contributed by atoms with Crippen LogP contribution in [0.3, 0.4) is 0 Å². The number of hydrogen-bond donors (Lipinski definition) is 0. The normalized spacial score (nSPS) is 12.1. The van der Waals surface area contributed by atoms with Crippen LogP contribution in [0.5, 0.6) is 0 Å². The van der Waals surface area contributed by atoms with Crippen LogP contribution in [0.25, 0.3) is 22.0 Å². The summed E-state index contributed by atoms with van der Waals surface area (Å²) in [6.45, 7) is 3.37. The van der Waals surface area contributed by atoms with Crippen molar-refractivity contribution in [3.05, 3.63) is 102 Å². The Labute approximate surface area is 193 Å². The summed E-state index contributed by atoms with van der Waals surface area (Å²) in [5, 5.41) is 0.824. The lowest BCUT2D eigenvalue weighted by Crippen LogP contribution is -2.28. The Morgan fingerprint density at radius 1 is 0.970 bits per heavy atom. The predicted octanol–water partition coefficient (Wildman–Crippen LogP) is 5.75. The van der Waals surface area contributed by atoms with E-state index in [4.69, 9.17) is 0 Å². The Morgan fingerprint density at radius 3 is 2.39 bits per heavy atom. The van der Waals surface area contributed by atoms with Crippen LogP contribution >= 0.6 is 0 Å². The van der Waals surface area contributed by atoms with E-state index in [2.05, 4.69) is 4.98 Å². The lowest BCUT2D eigenvalue weighted by Gasteiger charge is -2.24. The Balaban J connectivity index is 1.80. The Bertz CT molecular complexity index is 1460. The maximum absolute atomic E-state index is 13.2. The van der Waals surface area contributed by atoms with E-state index in [0.717, 1.165) is 27.6 Å². The van der Waals surface area contributed by atoms with Crippen LogP contribution < -0.4 is 0 Å². The zero-order chi connectivity index (χ0) is 23.8. The van der Waals surface area contributed by atoms with Gasteiger partial charge in [0, 0.05) is 35.4 Å². The Hall–Kier alpha value is -3.38. The van der Waals surface area contributed by atoms with Crippen LogP contribution in [0.2, 0.25) is 0 Å². The van der Waals surface area contributed by atoms with Crippen LogP contribution in [0.1, 0.15) is 35.3 Å². The number of sulfone groups is 1. The number of pyridine rings is 1. The third kappa shape index (κ3) is 4.57. The fourth-order valence-electron chi connectivity index (χ4n) is 3.72. The van der Waals surface area contributed by atoms with Crippen LogP contribution in [-0.2, 0) is 21.0 Å². The molecule has 0 aliphatic rings. The zero-order valence-electron chi connectivity index (χ0n) is 18.7. The first kappa shape index (κ1) is 22.8. The van der Waals surface area contributed by atoms with Gasteiger partial charge in [-0.05, 0) is 66.9 Å². The summed E-state index contributed by atoms with van der Waals surface area (Å²) in [7, 11) is -3.38. The van der Waals surface area contributed by atoms with Crippen LogP contribution in [0.4, 0.5) is 4.39 Å². The minimum atomic E-state index is -3.38. The summed E-state index contributed by atoms with van der Waals surface area (Å²) in [4.78, 5) is 17.4. The predicted molar refractivity (Wildman–Crippen MR) is 129 cm³/mol. The molecule has 4 aromatic rings. The van der Waals surface area contributed by atoms with Crippen molar-refractivity contribution < 1.29 is 17.6 Å². The summed E-state index contributed by atoms with van der Waals surface area (Å²) in [6.07, 6.45) is 3.08. The molecule has 0 bridgehead atoms. The van der Waals surface area contributed by atoms with E-state index in [1.807, 2.05) is 30.3 Å². The first-order valence-corrected chi connectivity index (χ1v) is 12.4. The largest absolute Gasteiger partial charge is 0.294 e. The van der Waals surface area contributed by atoms with Crippen molar-refractivity contribution in [1.29, 1.82) is 0 Å². The third-order valence-corrected chi connectivity index (χ3v) is 8.19. The third-order valence-electron chi connectivity index (χ3n) is 6.10. The molecule has 168 valence electrons. The highest BCUT2D eigenvalue weighted by Gasteiger charge is 2.33. The second-order valence-corrected chi connectivity index (χ2v) is 11.3. The van der Waals surface area contributed by atoms with E-state index in [1.165, 1.54) is 18.4 Å². The van der Waals surface area contributed by atoms with Gasteiger partial charge >= 0.3 is 0 Å². The zero-order valence-corrected chi connectivity index (χ0v) is 19.5. The first-order chi connectivity index (χ1) is 15.6. The topological polar surface area (TPSA) is 64.1 Å². The lowest BCUT2D eigenvalue weighted by molar-refractivity contribution is 0.0993. The van der Waals surface area contributed by atoms with Gasteiger partial charge in [-0.2, -0.15) is 0 Å². The summed E-state index contributed by atoms with van der Waals surface area (Å²) in [5.41, 5.74) is 4.17. The molecule has 6 heteroatoms. The molecule has 0 amide bonds. The van der Waals surface area contributed by atoms with Gasteiger partial charge in [-0.1, -0.05) is 36.4 Å². The van der Waals surface area contributed by atoms with Gasteiger partial charge in [-0.3, -0.25) is 9.78 Å². The van der Waals surface area contributed by atoms with E-state index in [9.17, 15) is 17.6 Å². The number of nitrogens with zero attached hydrogens (tertiary/aromatic N) is 1. The summed E-state index contributed by atoms with van der Waals surface area (Å²) in [6, 6.07) is 20.5. The van der Waals surface area contributed by atoms with Gasteiger partial charge in [0.05, 0.1) is 10.3 Å². The Kier molecular flexibility index (Phi) is 5.89. The van der Waals surface area contributed by atoms with E-state index in [1.54, 1.807) is 50.4 Å². The van der Waals surface area contributed by atoms with Crippen LogP contribution in [-0.4, -0.2) is 25.4 Å². The number of ketones is 1. The summed E-state index contributed by atoms with van der Waals surface area (Å²) in [5.74, 6) is -0.433. The minimum Gasteiger partial charge on any atom is -0.294 e. The molecule has 0 spiro atoms. The smallest absolute Gasteiger partial charge is 0.167 e. The second-order valence-electron chi connectivity index (χ2n) is 8.69. The summed E-state index contributed by atoms with van der Waals surface area (Å²) >= 11 is 0. The van der Waals surface area contributed by atoms with Gasteiger partial charge in [0.2, 0.25) is 0 Å². The summed E-state index contributed by atoms with van der Waals surface area (Å²) < 4.78 is 37.1. The van der Waals surface area contributed by atoms with Gasteiger partial charge in [0.1, 0.15) is 5.82 Å². The number of halogens is 1. The maximum Gasteiger partial charge on any atom is 0.167 e. The molecule has 4 nitrogen and oxygen atoms in total. The fourth-order valence-corrected chi connectivity index (χ4v) is 4.27. The average Bonchev–Trinajstić information content (AvgIpc) is 2.79. The molecular formula is C27H24FNO3S. The van der Waals surface area contributed by atoms with Crippen molar-refractivity contribution in [2.75, 3.05) is 6.26 Å². The molecule has 3 aromatic carbocycles. The second kappa shape index (κ2) is 8.52.